The van der Waals surface area contributed by atoms with Gasteiger partial charge in [-0.05, 0) is 29.8 Å². The minimum absolute atomic E-state index is 0.270. The molecule has 20 heavy (non-hydrogen) atoms. The summed E-state index contributed by atoms with van der Waals surface area (Å²) in [4.78, 5) is 11.4. The summed E-state index contributed by atoms with van der Waals surface area (Å²) in [5.41, 5.74) is 3.37. The van der Waals surface area contributed by atoms with E-state index in [4.69, 9.17) is 33.8 Å². The Morgan fingerprint density at radius 2 is 1.95 bits per heavy atom. The molecule has 2 rings (SSSR count). The van der Waals surface area contributed by atoms with Crippen molar-refractivity contribution in [3.63, 3.8) is 0 Å². The molecule has 0 aliphatic heterocycles. The summed E-state index contributed by atoms with van der Waals surface area (Å²) in [5.74, 6) is 5.23. The van der Waals surface area contributed by atoms with Crippen molar-refractivity contribution >= 4 is 29.1 Å². The van der Waals surface area contributed by atoms with E-state index in [-0.39, 0.29) is 12.5 Å². The molecule has 2 aromatic carbocycles. The van der Waals surface area contributed by atoms with Crippen molar-refractivity contribution in [2.45, 2.75) is 6.61 Å². The van der Waals surface area contributed by atoms with Gasteiger partial charge in [-0.25, -0.2) is 5.84 Å². The van der Waals surface area contributed by atoms with Gasteiger partial charge < -0.3 is 4.74 Å². The Morgan fingerprint density at radius 3 is 2.70 bits per heavy atom. The lowest BCUT2D eigenvalue weighted by molar-refractivity contribution is 0.0953. The lowest BCUT2D eigenvalue weighted by Crippen LogP contribution is -2.30. The van der Waals surface area contributed by atoms with Gasteiger partial charge in [0.1, 0.15) is 17.4 Å². The average molecular weight is 311 g/mol. The third-order valence-electron chi connectivity index (χ3n) is 2.63. The first-order valence-electron chi connectivity index (χ1n) is 5.78. The molecule has 0 spiro atoms. The summed E-state index contributed by atoms with van der Waals surface area (Å²) in [5, 5.41) is 0.797. The van der Waals surface area contributed by atoms with Crippen molar-refractivity contribution < 1.29 is 9.53 Å². The van der Waals surface area contributed by atoms with Crippen molar-refractivity contribution in [3.8, 4) is 5.75 Å². The normalized spacial score (nSPS) is 10.2. The van der Waals surface area contributed by atoms with Crippen molar-refractivity contribution in [2.24, 2.45) is 5.84 Å². The number of benzene rings is 2. The van der Waals surface area contributed by atoms with Crippen LogP contribution in [0.1, 0.15) is 15.9 Å². The lowest BCUT2D eigenvalue weighted by atomic mass is 10.1. The number of carbonyl (C=O) groups is 1. The Kier molecular flexibility index (Phi) is 4.84. The Hall–Kier alpha value is -1.75. The fourth-order valence-corrected chi connectivity index (χ4v) is 1.99. The molecule has 0 aromatic heterocycles. The molecule has 2 aromatic rings. The second kappa shape index (κ2) is 6.61. The Morgan fingerprint density at radius 1 is 1.20 bits per heavy atom. The predicted octanol–water partition coefficient (Wildman–Crippen LogP) is 3.18. The van der Waals surface area contributed by atoms with E-state index in [1.54, 1.807) is 36.4 Å². The van der Waals surface area contributed by atoms with Gasteiger partial charge in [0, 0.05) is 5.56 Å². The van der Waals surface area contributed by atoms with Crippen LogP contribution in [-0.4, -0.2) is 5.91 Å². The molecule has 0 radical (unpaired) electrons. The van der Waals surface area contributed by atoms with Crippen LogP contribution in [-0.2, 0) is 6.61 Å². The van der Waals surface area contributed by atoms with Crippen LogP contribution in [0.4, 0.5) is 0 Å². The molecule has 3 N–H and O–H groups in total. The third kappa shape index (κ3) is 3.42. The average Bonchev–Trinajstić information content (AvgIpc) is 2.48. The number of carbonyl (C=O) groups excluding carboxylic acids is 1. The Bertz CT molecular complexity index is 632. The zero-order chi connectivity index (χ0) is 14.5. The van der Waals surface area contributed by atoms with Crippen molar-refractivity contribution in [3.05, 3.63) is 63.6 Å². The summed E-state index contributed by atoms with van der Waals surface area (Å²) < 4.78 is 5.59. The second-order valence-electron chi connectivity index (χ2n) is 4.01. The van der Waals surface area contributed by atoms with E-state index in [2.05, 4.69) is 5.43 Å². The summed E-state index contributed by atoms with van der Waals surface area (Å²) >= 11 is 11.9. The number of rotatable bonds is 4. The molecule has 6 heteroatoms. The number of nitrogens with one attached hydrogen (secondary N) is 1. The van der Waals surface area contributed by atoms with Gasteiger partial charge in [0.05, 0.1) is 5.02 Å². The van der Waals surface area contributed by atoms with Crippen LogP contribution in [0.25, 0.3) is 0 Å². The molecule has 0 aliphatic rings. The molecule has 0 aliphatic carbocycles. The molecule has 0 heterocycles. The van der Waals surface area contributed by atoms with Crippen LogP contribution >= 0.6 is 23.2 Å². The first-order chi connectivity index (χ1) is 9.61. The van der Waals surface area contributed by atoms with Crippen LogP contribution in [0.15, 0.2) is 42.5 Å². The van der Waals surface area contributed by atoms with Gasteiger partial charge in [0.25, 0.3) is 5.91 Å². The van der Waals surface area contributed by atoms with Crippen molar-refractivity contribution in [1.29, 1.82) is 0 Å². The quantitative estimate of drug-likeness (QED) is 0.518. The number of amides is 1. The molecule has 4 nitrogen and oxygen atoms in total. The van der Waals surface area contributed by atoms with E-state index in [1.165, 1.54) is 0 Å². The molecule has 104 valence electrons. The predicted molar refractivity (Wildman–Crippen MR) is 78.9 cm³/mol. The van der Waals surface area contributed by atoms with E-state index in [0.29, 0.717) is 21.4 Å². The number of ether oxygens (including phenoxy) is 1. The van der Waals surface area contributed by atoms with E-state index >= 15 is 0 Å². The standard InChI is InChI=1S/C14H12Cl2N2O2/c15-11-5-2-6-12(13(11)16)20-8-9-3-1-4-10(7-9)14(19)18-17/h1-7H,8,17H2,(H,18,19). The molecule has 0 bridgehead atoms. The maximum Gasteiger partial charge on any atom is 0.265 e. The molecular weight excluding hydrogens is 299 g/mol. The monoisotopic (exact) mass is 310 g/mol. The Labute approximate surface area is 126 Å². The van der Waals surface area contributed by atoms with Crippen molar-refractivity contribution in [2.75, 3.05) is 0 Å². The van der Waals surface area contributed by atoms with E-state index < -0.39 is 0 Å². The molecule has 0 saturated heterocycles. The van der Waals surface area contributed by atoms with E-state index in [1.807, 2.05) is 6.07 Å². The molecule has 0 fully saturated rings. The fraction of sp³-hybridized carbons (Fsp3) is 0.0714. The van der Waals surface area contributed by atoms with Crippen molar-refractivity contribution in [1.82, 2.24) is 5.43 Å². The highest BCUT2D eigenvalue weighted by atomic mass is 35.5. The number of hydrogen-bond donors (Lipinski definition) is 2. The maximum atomic E-state index is 11.4. The van der Waals surface area contributed by atoms with Crippen LogP contribution in [0.5, 0.6) is 5.75 Å². The van der Waals surface area contributed by atoms with Crippen LogP contribution in [0.3, 0.4) is 0 Å². The van der Waals surface area contributed by atoms with Crippen LogP contribution < -0.4 is 16.0 Å². The highest BCUT2D eigenvalue weighted by molar-refractivity contribution is 6.42. The van der Waals surface area contributed by atoms with Gasteiger partial charge in [0.2, 0.25) is 0 Å². The summed E-state index contributed by atoms with van der Waals surface area (Å²) in [6.45, 7) is 0.270. The first-order valence-corrected chi connectivity index (χ1v) is 6.54. The van der Waals surface area contributed by atoms with Crippen LogP contribution in [0.2, 0.25) is 10.0 Å². The zero-order valence-electron chi connectivity index (χ0n) is 10.4. The van der Waals surface area contributed by atoms with Gasteiger partial charge in [-0.15, -0.1) is 0 Å². The van der Waals surface area contributed by atoms with Gasteiger partial charge >= 0.3 is 0 Å². The lowest BCUT2D eigenvalue weighted by Gasteiger charge is -2.09. The third-order valence-corrected chi connectivity index (χ3v) is 3.43. The Balaban J connectivity index is 2.11. The zero-order valence-corrected chi connectivity index (χ0v) is 11.9. The second-order valence-corrected chi connectivity index (χ2v) is 4.80. The highest BCUT2D eigenvalue weighted by Crippen LogP contribution is 2.31. The minimum atomic E-state index is -0.354. The smallest absolute Gasteiger partial charge is 0.265 e. The largest absolute Gasteiger partial charge is 0.487 e. The SMILES string of the molecule is NNC(=O)c1cccc(COc2cccc(Cl)c2Cl)c1. The summed E-state index contributed by atoms with van der Waals surface area (Å²) in [6, 6.07) is 12.1. The van der Waals surface area contributed by atoms with E-state index in [9.17, 15) is 4.79 Å². The highest BCUT2D eigenvalue weighted by Gasteiger charge is 2.07. The number of hydrazine groups is 1. The number of nitrogen functional groups attached to an aromatic ring is 1. The molecule has 1 amide bonds. The van der Waals surface area contributed by atoms with Gasteiger partial charge in [-0.1, -0.05) is 41.4 Å². The van der Waals surface area contributed by atoms with Gasteiger partial charge in [-0.2, -0.15) is 0 Å². The molecule has 0 atom stereocenters. The number of nitrogens with two attached hydrogens (primary N) is 1. The molecule has 0 unspecified atom stereocenters. The van der Waals surface area contributed by atoms with Gasteiger partial charge in [-0.3, -0.25) is 10.2 Å². The first kappa shape index (κ1) is 14.7. The summed E-state index contributed by atoms with van der Waals surface area (Å²) in [6.07, 6.45) is 0. The number of halogens is 2. The maximum absolute atomic E-state index is 11.4. The summed E-state index contributed by atoms with van der Waals surface area (Å²) in [7, 11) is 0. The number of hydrogen-bond acceptors (Lipinski definition) is 3. The van der Waals surface area contributed by atoms with Gasteiger partial charge in [0.15, 0.2) is 0 Å². The topological polar surface area (TPSA) is 64.3 Å². The fourth-order valence-electron chi connectivity index (χ4n) is 1.64. The molecular formula is C14H12Cl2N2O2. The minimum Gasteiger partial charge on any atom is -0.487 e. The molecule has 0 saturated carbocycles. The van der Waals surface area contributed by atoms with E-state index in [0.717, 1.165) is 5.56 Å². The van der Waals surface area contributed by atoms with Crippen LogP contribution in [0, 0.1) is 0 Å².